The molecular formula is C13H24N2O2. The van der Waals surface area contributed by atoms with Gasteiger partial charge in [-0.25, -0.2) is 4.79 Å². The summed E-state index contributed by atoms with van der Waals surface area (Å²) in [6.45, 7) is 5.44. The van der Waals surface area contributed by atoms with E-state index in [0.717, 1.165) is 45.5 Å². The van der Waals surface area contributed by atoms with Crippen LogP contribution in [0.2, 0.25) is 0 Å². The Bertz CT molecular complexity index is 252. The molecule has 0 bridgehead atoms. The maximum atomic E-state index is 11.8. The van der Waals surface area contributed by atoms with Gasteiger partial charge in [0.25, 0.3) is 0 Å². The van der Waals surface area contributed by atoms with Crippen molar-refractivity contribution >= 4 is 6.03 Å². The van der Waals surface area contributed by atoms with E-state index in [9.17, 15) is 4.79 Å². The molecule has 0 saturated carbocycles. The summed E-state index contributed by atoms with van der Waals surface area (Å²) in [6, 6.07) is 0.0949. The second-order valence-electron chi connectivity index (χ2n) is 5.21. The molecule has 98 valence electrons. The summed E-state index contributed by atoms with van der Waals surface area (Å²) in [5, 5.41) is 2.94. The molecule has 2 saturated heterocycles. The van der Waals surface area contributed by atoms with Crippen LogP contribution in [0.25, 0.3) is 0 Å². The van der Waals surface area contributed by atoms with Crippen LogP contribution in [-0.2, 0) is 4.74 Å². The van der Waals surface area contributed by atoms with E-state index in [0.29, 0.717) is 0 Å². The first-order valence-electron chi connectivity index (χ1n) is 6.92. The molecule has 2 rings (SSSR count). The predicted octanol–water partition coefficient (Wildman–Crippen LogP) is 2.14. The van der Waals surface area contributed by atoms with E-state index in [4.69, 9.17) is 4.74 Å². The lowest BCUT2D eigenvalue weighted by molar-refractivity contribution is -0.106. The molecule has 0 unspecified atom stereocenters. The second kappa shape index (κ2) is 5.71. The van der Waals surface area contributed by atoms with Crippen molar-refractivity contribution in [1.82, 2.24) is 10.2 Å². The molecule has 1 spiro atoms. The highest BCUT2D eigenvalue weighted by Gasteiger charge is 2.37. The van der Waals surface area contributed by atoms with Gasteiger partial charge in [-0.2, -0.15) is 0 Å². The topological polar surface area (TPSA) is 41.6 Å². The van der Waals surface area contributed by atoms with E-state index in [-0.39, 0.29) is 11.6 Å². The van der Waals surface area contributed by atoms with E-state index >= 15 is 0 Å². The van der Waals surface area contributed by atoms with E-state index < -0.39 is 0 Å². The number of likely N-dealkylation sites (tertiary alicyclic amines) is 1. The Morgan fingerprint density at radius 2 is 2.06 bits per heavy atom. The second-order valence-corrected chi connectivity index (χ2v) is 5.21. The molecular weight excluding hydrogens is 216 g/mol. The molecule has 17 heavy (non-hydrogen) atoms. The lowest BCUT2D eigenvalue weighted by Crippen LogP contribution is -2.51. The Kier molecular flexibility index (Phi) is 4.26. The summed E-state index contributed by atoms with van der Waals surface area (Å²) in [5.74, 6) is 0. The zero-order chi connectivity index (χ0) is 12.1. The van der Waals surface area contributed by atoms with Crippen LogP contribution in [0.5, 0.6) is 0 Å². The van der Waals surface area contributed by atoms with Crippen LogP contribution in [0.1, 0.15) is 45.4 Å². The van der Waals surface area contributed by atoms with Crippen LogP contribution in [0.3, 0.4) is 0 Å². The summed E-state index contributed by atoms with van der Waals surface area (Å²) in [7, 11) is 0. The van der Waals surface area contributed by atoms with Gasteiger partial charge < -0.3 is 15.0 Å². The number of rotatable bonds is 2. The molecule has 4 nitrogen and oxygen atoms in total. The Labute approximate surface area is 104 Å². The third kappa shape index (κ3) is 3.12. The number of ether oxygens (including phenoxy) is 1. The summed E-state index contributed by atoms with van der Waals surface area (Å²) < 4.78 is 5.96. The number of nitrogens with zero attached hydrogens (tertiary/aromatic N) is 1. The first-order valence-corrected chi connectivity index (χ1v) is 6.92. The highest BCUT2D eigenvalue weighted by Crippen LogP contribution is 2.34. The molecule has 0 aromatic heterocycles. The predicted molar refractivity (Wildman–Crippen MR) is 67.0 cm³/mol. The lowest BCUT2D eigenvalue weighted by Gasteiger charge is -2.43. The minimum Gasteiger partial charge on any atom is -0.375 e. The van der Waals surface area contributed by atoms with Crippen molar-refractivity contribution in [3.63, 3.8) is 0 Å². The van der Waals surface area contributed by atoms with Gasteiger partial charge in [0, 0.05) is 26.2 Å². The number of piperidine rings is 1. The lowest BCUT2D eigenvalue weighted by atomic mass is 9.84. The number of hydrogen-bond acceptors (Lipinski definition) is 2. The molecule has 2 heterocycles. The van der Waals surface area contributed by atoms with Crippen LogP contribution >= 0.6 is 0 Å². The molecule has 0 aromatic carbocycles. The average Bonchev–Trinajstić information content (AvgIpc) is 2.38. The largest absolute Gasteiger partial charge is 0.375 e. The molecule has 2 amide bonds. The number of hydrogen-bond donors (Lipinski definition) is 1. The van der Waals surface area contributed by atoms with Gasteiger partial charge in [0.2, 0.25) is 0 Å². The highest BCUT2D eigenvalue weighted by atomic mass is 16.5. The van der Waals surface area contributed by atoms with E-state index in [2.05, 4.69) is 12.2 Å². The van der Waals surface area contributed by atoms with E-state index in [1.807, 2.05) is 4.90 Å². The Morgan fingerprint density at radius 3 is 2.65 bits per heavy atom. The molecule has 4 heteroatoms. The molecule has 0 radical (unpaired) electrons. The summed E-state index contributed by atoms with van der Waals surface area (Å²) >= 11 is 0. The van der Waals surface area contributed by atoms with E-state index in [1.165, 1.54) is 19.3 Å². The number of nitrogens with one attached hydrogen (secondary N) is 1. The van der Waals surface area contributed by atoms with Crippen LogP contribution in [0.4, 0.5) is 4.79 Å². The zero-order valence-electron chi connectivity index (χ0n) is 10.8. The number of carbonyl (C=O) groups excluding carboxylic acids is 1. The van der Waals surface area contributed by atoms with Gasteiger partial charge in [0.15, 0.2) is 0 Å². The van der Waals surface area contributed by atoms with Crippen molar-refractivity contribution < 1.29 is 9.53 Å². The SMILES string of the molecule is CCCNC(=O)N1CCC2(CCCCO2)CC1. The number of urea groups is 1. The Hall–Kier alpha value is -0.770. The van der Waals surface area contributed by atoms with Crippen molar-refractivity contribution in [2.24, 2.45) is 0 Å². The van der Waals surface area contributed by atoms with Gasteiger partial charge in [-0.3, -0.25) is 0 Å². The Morgan fingerprint density at radius 1 is 1.29 bits per heavy atom. The van der Waals surface area contributed by atoms with Gasteiger partial charge in [-0.05, 0) is 38.5 Å². The summed E-state index contributed by atoms with van der Waals surface area (Å²) in [4.78, 5) is 13.7. The first kappa shape index (κ1) is 12.7. The fraction of sp³-hybridized carbons (Fsp3) is 0.923. The standard InChI is InChI=1S/C13H24N2O2/c1-2-8-14-12(16)15-9-6-13(7-10-15)5-3-4-11-17-13/h2-11H2,1H3,(H,14,16). The maximum absolute atomic E-state index is 11.8. The van der Waals surface area contributed by atoms with Gasteiger partial charge in [-0.15, -0.1) is 0 Å². The minimum absolute atomic E-state index is 0.0949. The third-order valence-electron chi connectivity index (χ3n) is 3.92. The molecule has 0 atom stereocenters. The normalized spacial score (nSPS) is 23.7. The maximum Gasteiger partial charge on any atom is 0.317 e. The van der Waals surface area contributed by atoms with Gasteiger partial charge in [-0.1, -0.05) is 6.92 Å². The van der Waals surface area contributed by atoms with Crippen molar-refractivity contribution in [2.45, 2.75) is 51.0 Å². The highest BCUT2D eigenvalue weighted by molar-refractivity contribution is 5.74. The van der Waals surface area contributed by atoms with E-state index in [1.54, 1.807) is 0 Å². The first-order chi connectivity index (χ1) is 8.26. The van der Waals surface area contributed by atoms with Gasteiger partial charge >= 0.3 is 6.03 Å². The fourth-order valence-electron chi connectivity index (χ4n) is 2.77. The summed E-state index contributed by atoms with van der Waals surface area (Å²) in [6.07, 6.45) is 6.66. The molecule has 2 fully saturated rings. The van der Waals surface area contributed by atoms with Crippen LogP contribution in [0.15, 0.2) is 0 Å². The molecule has 0 aromatic rings. The zero-order valence-corrected chi connectivity index (χ0v) is 10.8. The number of amides is 2. The average molecular weight is 240 g/mol. The number of carbonyl (C=O) groups is 1. The molecule has 2 aliphatic heterocycles. The van der Waals surface area contributed by atoms with Crippen molar-refractivity contribution in [3.8, 4) is 0 Å². The molecule has 1 N–H and O–H groups in total. The monoisotopic (exact) mass is 240 g/mol. The molecule has 0 aliphatic carbocycles. The van der Waals surface area contributed by atoms with Crippen LogP contribution < -0.4 is 5.32 Å². The van der Waals surface area contributed by atoms with Crippen LogP contribution in [-0.4, -0.2) is 42.8 Å². The third-order valence-corrected chi connectivity index (χ3v) is 3.92. The van der Waals surface area contributed by atoms with Crippen molar-refractivity contribution in [2.75, 3.05) is 26.2 Å². The minimum atomic E-state index is 0.0949. The smallest absolute Gasteiger partial charge is 0.317 e. The van der Waals surface area contributed by atoms with Crippen molar-refractivity contribution in [3.05, 3.63) is 0 Å². The Balaban J connectivity index is 1.78. The van der Waals surface area contributed by atoms with Gasteiger partial charge in [0.1, 0.15) is 0 Å². The van der Waals surface area contributed by atoms with Gasteiger partial charge in [0.05, 0.1) is 5.60 Å². The molecule has 2 aliphatic rings. The van der Waals surface area contributed by atoms with Crippen molar-refractivity contribution in [1.29, 1.82) is 0 Å². The summed E-state index contributed by atoms with van der Waals surface area (Å²) in [5.41, 5.74) is 0.0970. The quantitative estimate of drug-likeness (QED) is 0.803. The fourth-order valence-corrected chi connectivity index (χ4v) is 2.77. The van der Waals surface area contributed by atoms with Crippen LogP contribution in [0, 0.1) is 0 Å².